The molecule has 7 heteroatoms. The average molecular weight is 377 g/mol. The lowest BCUT2D eigenvalue weighted by molar-refractivity contribution is 0.211. The summed E-state index contributed by atoms with van der Waals surface area (Å²) >= 11 is 11.8. The molecule has 25 heavy (non-hydrogen) atoms. The van der Waals surface area contributed by atoms with Crippen molar-refractivity contribution in [2.75, 3.05) is 7.05 Å². The number of nitrogens with one attached hydrogen (secondary N) is 2. The average Bonchev–Trinajstić information content (AvgIpc) is 2.88. The molecule has 0 aliphatic carbocycles. The molecule has 3 rings (SSSR count). The number of carbonyl (C=O) groups excluding carboxylic acids is 1. The van der Waals surface area contributed by atoms with E-state index in [-0.39, 0.29) is 12.2 Å². The SMILES string of the molecule is CN1C(=O)NC(=NCc2ccc(Cl)cc2)C1NCc1ccc(Cl)cc1. The van der Waals surface area contributed by atoms with Crippen LogP contribution < -0.4 is 10.6 Å². The summed E-state index contributed by atoms with van der Waals surface area (Å²) in [5, 5.41) is 7.53. The molecule has 0 radical (unpaired) electrons. The number of aliphatic imine (C=N–C) groups is 1. The largest absolute Gasteiger partial charge is 0.324 e. The van der Waals surface area contributed by atoms with Gasteiger partial charge in [0.25, 0.3) is 0 Å². The molecule has 1 saturated heterocycles. The number of amidine groups is 1. The van der Waals surface area contributed by atoms with E-state index in [0.29, 0.717) is 29.0 Å². The molecule has 1 atom stereocenters. The van der Waals surface area contributed by atoms with Crippen LogP contribution in [0.1, 0.15) is 11.1 Å². The predicted molar refractivity (Wildman–Crippen MR) is 101 cm³/mol. The molecule has 2 aromatic carbocycles. The van der Waals surface area contributed by atoms with Gasteiger partial charge in [0.05, 0.1) is 6.54 Å². The number of likely N-dealkylation sites (N-methyl/N-ethyl adjacent to an activating group) is 1. The van der Waals surface area contributed by atoms with Crippen molar-refractivity contribution >= 4 is 35.1 Å². The molecule has 2 aromatic rings. The van der Waals surface area contributed by atoms with Crippen molar-refractivity contribution in [3.8, 4) is 0 Å². The summed E-state index contributed by atoms with van der Waals surface area (Å²) in [6, 6.07) is 14.9. The Kier molecular flexibility index (Phi) is 5.58. The normalized spacial score (nSPS) is 18.7. The topological polar surface area (TPSA) is 56.7 Å². The third-order valence-corrected chi connectivity index (χ3v) is 4.46. The highest BCUT2D eigenvalue weighted by molar-refractivity contribution is 6.30. The fourth-order valence-corrected chi connectivity index (χ4v) is 2.76. The number of nitrogens with zero attached hydrogens (tertiary/aromatic N) is 2. The van der Waals surface area contributed by atoms with E-state index in [1.165, 1.54) is 0 Å². The molecule has 1 unspecified atom stereocenters. The van der Waals surface area contributed by atoms with E-state index < -0.39 is 0 Å². The molecule has 2 N–H and O–H groups in total. The molecular formula is C18H18Cl2N4O. The number of rotatable bonds is 5. The maximum atomic E-state index is 12.0. The van der Waals surface area contributed by atoms with Gasteiger partial charge < -0.3 is 4.90 Å². The van der Waals surface area contributed by atoms with Crippen LogP contribution in [0.15, 0.2) is 53.5 Å². The first kappa shape index (κ1) is 17.7. The molecule has 5 nitrogen and oxygen atoms in total. The molecule has 1 heterocycles. The number of amides is 2. The van der Waals surface area contributed by atoms with Crippen LogP contribution in [-0.4, -0.2) is 30.0 Å². The van der Waals surface area contributed by atoms with Gasteiger partial charge in [0.15, 0.2) is 0 Å². The van der Waals surface area contributed by atoms with Gasteiger partial charge in [0.1, 0.15) is 12.0 Å². The number of benzene rings is 2. The molecule has 0 aromatic heterocycles. The summed E-state index contributed by atoms with van der Waals surface area (Å²) in [6.45, 7) is 1.07. The Morgan fingerprint density at radius 1 is 1.04 bits per heavy atom. The van der Waals surface area contributed by atoms with Gasteiger partial charge in [-0.05, 0) is 35.4 Å². The van der Waals surface area contributed by atoms with E-state index in [0.717, 1.165) is 11.1 Å². The molecule has 0 spiro atoms. The summed E-state index contributed by atoms with van der Waals surface area (Å²) in [5.41, 5.74) is 2.10. The van der Waals surface area contributed by atoms with E-state index >= 15 is 0 Å². The zero-order chi connectivity index (χ0) is 17.8. The fourth-order valence-electron chi connectivity index (χ4n) is 2.51. The second kappa shape index (κ2) is 7.87. The van der Waals surface area contributed by atoms with Gasteiger partial charge >= 0.3 is 6.03 Å². The van der Waals surface area contributed by atoms with Gasteiger partial charge in [0, 0.05) is 23.6 Å². The van der Waals surface area contributed by atoms with Crippen molar-refractivity contribution in [2.24, 2.45) is 4.99 Å². The van der Waals surface area contributed by atoms with Crippen molar-refractivity contribution in [3.05, 3.63) is 69.7 Å². The zero-order valence-corrected chi connectivity index (χ0v) is 15.2. The van der Waals surface area contributed by atoms with Crippen LogP contribution >= 0.6 is 23.2 Å². The van der Waals surface area contributed by atoms with E-state index in [2.05, 4.69) is 15.6 Å². The van der Waals surface area contributed by atoms with Crippen LogP contribution in [0.3, 0.4) is 0 Å². The minimum atomic E-state index is -0.296. The molecule has 1 aliphatic heterocycles. The van der Waals surface area contributed by atoms with Crippen LogP contribution in [0.2, 0.25) is 10.0 Å². The van der Waals surface area contributed by atoms with Crippen molar-refractivity contribution < 1.29 is 4.79 Å². The molecule has 0 bridgehead atoms. The maximum absolute atomic E-state index is 12.0. The van der Waals surface area contributed by atoms with Gasteiger partial charge in [-0.2, -0.15) is 0 Å². The van der Waals surface area contributed by atoms with Gasteiger partial charge in [0.2, 0.25) is 0 Å². The minimum absolute atomic E-state index is 0.177. The Balaban J connectivity index is 1.68. The first-order chi connectivity index (χ1) is 12.0. The maximum Gasteiger partial charge on any atom is 0.324 e. The Morgan fingerprint density at radius 3 is 2.20 bits per heavy atom. The van der Waals surface area contributed by atoms with E-state index in [9.17, 15) is 4.79 Å². The standard InChI is InChI=1S/C18H18Cl2N4O/c1-24-17(22-11-13-4-8-15(20)9-5-13)16(23-18(24)25)21-10-12-2-6-14(19)7-3-12/h2-9,17,22H,10-11H2,1H3,(H,21,23,25). The molecule has 1 fully saturated rings. The second-order valence-corrected chi connectivity index (χ2v) is 6.65. The van der Waals surface area contributed by atoms with Gasteiger partial charge in [-0.25, -0.2) is 4.79 Å². The Labute approximate surface area is 156 Å². The van der Waals surface area contributed by atoms with Crippen LogP contribution in [-0.2, 0) is 13.1 Å². The van der Waals surface area contributed by atoms with Gasteiger partial charge in [-0.1, -0.05) is 47.5 Å². The highest BCUT2D eigenvalue weighted by atomic mass is 35.5. The lowest BCUT2D eigenvalue weighted by Crippen LogP contribution is -2.44. The van der Waals surface area contributed by atoms with Crippen LogP contribution in [0.5, 0.6) is 0 Å². The number of hydrogen-bond donors (Lipinski definition) is 2. The van der Waals surface area contributed by atoms with Crippen molar-refractivity contribution in [1.82, 2.24) is 15.5 Å². The number of hydrogen-bond acceptors (Lipinski definition) is 3. The summed E-state index contributed by atoms with van der Waals surface area (Å²) in [5.74, 6) is 0.608. The first-order valence-electron chi connectivity index (χ1n) is 7.83. The lowest BCUT2D eigenvalue weighted by atomic mass is 10.2. The number of urea groups is 1. The van der Waals surface area contributed by atoms with E-state index in [1.807, 2.05) is 48.5 Å². The van der Waals surface area contributed by atoms with Gasteiger partial charge in [-0.3, -0.25) is 15.6 Å². The van der Waals surface area contributed by atoms with Crippen molar-refractivity contribution in [1.29, 1.82) is 0 Å². The Hall–Kier alpha value is -2.08. The quantitative estimate of drug-likeness (QED) is 0.836. The molecule has 1 aliphatic rings. The molecule has 2 amide bonds. The van der Waals surface area contributed by atoms with Crippen LogP contribution in [0, 0.1) is 0 Å². The van der Waals surface area contributed by atoms with Crippen LogP contribution in [0.25, 0.3) is 0 Å². The first-order valence-corrected chi connectivity index (χ1v) is 8.59. The predicted octanol–water partition coefficient (Wildman–Crippen LogP) is 3.66. The summed E-state index contributed by atoms with van der Waals surface area (Å²) in [6.07, 6.45) is -0.296. The highest BCUT2D eigenvalue weighted by Crippen LogP contribution is 2.13. The fraction of sp³-hybridized carbons (Fsp3) is 0.222. The summed E-state index contributed by atoms with van der Waals surface area (Å²) in [7, 11) is 1.74. The molecule has 130 valence electrons. The lowest BCUT2D eigenvalue weighted by Gasteiger charge is -2.19. The highest BCUT2D eigenvalue weighted by Gasteiger charge is 2.33. The second-order valence-electron chi connectivity index (χ2n) is 5.78. The molecule has 0 saturated carbocycles. The van der Waals surface area contributed by atoms with E-state index in [4.69, 9.17) is 23.2 Å². The number of carbonyl (C=O) groups is 1. The molecular weight excluding hydrogens is 359 g/mol. The number of halogens is 2. The Bertz CT molecular complexity index is 775. The Morgan fingerprint density at radius 2 is 1.60 bits per heavy atom. The third kappa shape index (κ3) is 4.51. The summed E-state index contributed by atoms with van der Waals surface area (Å²) < 4.78 is 0. The van der Waals surface area contributed by atoms with Crippen LogP contribution in [0.4, 0.5) is 4.79 Å². The van der Waals surface area contributed by atoms with Crippen molar-refractivity contribution in [2.45, 2.75) is 19.3 Å². The third-order valence-electron chi connectivity index (χ3n) is 3.96. The summed E-state index contributed by atoms with van der Waals surface area (Å²) in [4.78, 5) is 18.1. The zero-order valence-electron chi connectivity index (χ0n) is 13.7. The van der Waals surface area contributed by atoms with Gasteiger partial charge in [-0.15, -0.1) is 0 Å². The monoisotopic (exact) mass is 376 g/mol. The van der Waals surface area contributed by atoms with E-state index in [1.54, 1.807) is 11.9 Å². The smallest absolute Gasteiger partial charge is 0.305 e. The minimum Gasteiger partial charge on any atom is -0.305 e. The van der Waals surface area contributed by atoms with Crippen molar-refractivity contribution in [3.63, 3.8) is 0 Å².